The number of hydrogen-bond acceptors (Lipinski definition) is 0. The molecule has 0 aliphatic rings. The standard InChI is InChI=1S/C34H44FP.2C2H6/c1-10-13-15-31(12-3)36-34-19-17-30(22-26(34)7)33(14-11-2)27(8)23(4)20-24(5)32-18-16-29(28(9)35)21-25(32)6;2*1-2/h11,14,16-22,31,36H,4,9-10,12-13,15H2,1-3,5-8H3;2*1-2H3/b14-11-,24-20+,33-27+;;. The van der Waals surface area contributed by atoms with Crippen LogP contribution in [-0.4, -0.2) is 5.66 Å². The first-order valence-electron chi connectivity index (χ1n) is 15.2. The fourth-order valence-corrected chi connectivity index (χ4v) is 6.01. The van der Waals surface area contributed by atoms with Gasteiger partial charge in [-0.1, -0.05) is 125 Å². The first-order valence-corrected chi connectivity index (χ1v) is 16.2. The predicted octanol–water partition coefficient (Wildman–Crippen LogP) is 12.6. The van der Waals surface area contributed by atoms with Gasteiger partial charge < -0.3 is 0 Å². The Morgan fingerprint density at radius 1 is 0.925 bits per heavy atom. The normalized spacial score (nSPS) is 12.8. The number of aryl methyl sites for hydroxylation is 2. The quantitative estimate of drug-likeness (QED) is 0.178. The van der Waals surface area contributed by atoms with Gasteiger partial charge in [0.15, 0.2) is 0 Å². The molecule has 2 unspecified atom stereocenters. The van der Waals surface area contributed by atoms with Crippen molar-refractivity contribution in [1.82, 2.24) is 0 Å². The molecule has 2 aromatic carbocycles. The van der Waals surface area contributed by atoms with Crippen molar-refractivity contribution in [3.05, 3.63) is 107 Å². The van der Waals surface area contributed by atoms with Crippen LogP contribution in [0.3, 0.4) is 0 Å². The molecule has 0 saturated heterocycles. The Balaban J connectivity index is 0.00000363. The smallest absolute Gasteiger partial charge is 0.123 e. The molecule has 220 valence electrons. The van der Waals surface area contributed by atoms with Crippen LogP contribution in [0.15, 0.2) is 78.9 Å². The lowest BCUT2D eigenvalue weighted by Gasteiger charge is -2.18. The van der Waals surface area contributed by atoms with Crippen LogP contribution in [0.25, 0.3) is 17.0 Å². The van der Waals surface area contributed by atoms with E-state index in [0.29, 0.717) is 5.56 Å². The highest BCUT2D eigenvalue weighted by atomic mass is 31.1. The molecule has 0 saturated carbocycles. The van der Waals surface area contributed by atoms with Gasteiger partial charge in [0.2, 0.25) is 0 Å². The number of hydrogen-bond donors (Lipinski definition) is 0. The fourth-order valence-electron chi connectivity index (χ4n) is 4.54. The van der Waals surface area contributed by atoms with Crippen LogP contribution in [0.5, 0.6) is 0 Å². The van der Waals surface area contributed by atoms with Crippen LogP contribution < -0.4 is 5.30 Å². The second-order valence-electron chi connectivity index (χ2n) is 9.75. The van der Waals surface area contributed by atoms with Gasteiger partial charge in [0.1, 0.15) is 5.83 Å². The molecule has 40 heavy (non-hydrogen) atoms. The van der Waals surface area contributed by atoms with E-state index in [9.17, 15) is 4.39 Å². The lowest BCUT2D eigenvalue weighted by molar-refractivity contribution is 0.668. The summed E-state index contributed by atoms with van der Waals surface area (Å²) in [5, 5.41) is 1.49. The first-order chi connectivity index (χ1) is 19.1. The van der Waals surface area contributed by atoms with Gasteiger partial charge in [-0.25, -0.2) is 4.39 Å². The maximum Gasteiger partial charge on any atom is 0.123 e. The van der Waals surface area contributed by atoms with E-state index in [1.165, 1.54) is 47.7 Å². The summed E-state index contributed by atoms with van der Waals surface area (Å²) < 4.78 is 13.5. The SMILES string of the molecule is C=C(/C=C(\C)c1ccc(C(=C)F)cc1C)/C(C)=C(\C=C/C)c1ccc(PC(CC)CCCC)c(C)c1.CC.CC. The molecule has 0 aromatic heterocycles. The van der Waals surface area contributed by atoms with Crippen molar-refractivity contribution < 1.29 is 4.39 Å². The third-order valence-electron chi connectivity index (χ3n) is 6.87. The Morgan fingerprint density at radius 2 is 1.52 bits per heavy atom. The highest BCUT2D eigenvalue weighted by molar-refractivity contribution is 7.48. The largest absolute Gasteiger partial charge is 0.207 e. The number of allylic oxidation sites excluding steroid dienone is 7. The van der Waals surface area contributed by atoms with Gasteiger partial charge in [0, 0.05) is 5.56 Å². The minimum absolute atomic E-state index is 0.404. The summed E-state index contributed by atoms with van der Waals surface area (Å²) in [5.41, 5.74) is 10.5. The van der Waals surface area contributed by atoms with Gasteiger partial charge in [0.25, 0.3) is 0 Å². The van der Waals surface area contributed by atoms with Crippen LogP contribution in [-0.2, 0) is 0 Å². The van der Waals surface area contributed by atoms with Crippen molar-refractivity contribution in [2.45, 2.75) is 108 Å². The molecule has 0 fully saturated rings. The molecule has 0 N–H and O–H groups in total. The zero-order valence-corrected chi connectivity index (χ0v) is 28.4. The van der Waals surface area contributed by atoms with E-state index in [-0.39, 0.29) is 0 Å². The zero-order valence-electron chi connectivity index (χ0n) is 27.4. The van der Waals surface area contributed by atoms with Gasteiger partial charge in [-0.15, -0.1) is 0 Å². The van der Waals surface area contributed by atoms with Gasteiger partial charge in [-0.2, -0.15) is 0 Å². The first kappa shape index (κ1) is 37.5. The maximum atomic E-state index is 13.5. The number of rotatable bonds is 12. The molecule has 0 radical (unpaired) electrons. The lowest BCUT2D eigenvalue weighted by atomic mass is 9.92. The van der Waals surface area contributed by atoms with Crippen LogP contribution >= 0.6 is 8.58 Å². The molecule has 2 atom stereocenters. The molecule has 0 aliphatic heterocycles. The van der Waals surface area contributed by atoms with Crippen LogP contribution in [0.2, 0.25) is 0 Å². The summed E-state index contributed by atoms with van der Waals surface area (Å²) >= 11 is 0. The third-order valence-corrected chi connectivity index (χ3v) is 8.85. The minimum atomic E-state index is -0.404. The highest BCUT2D eigenvalue weighted by Crippen LogP contribution is 2.32. The summed E-state index contributed by atoms with van der Waals surface area (Å²) in [6, 6.07) is 12.5. The third kappa shape index (κ3) is 11.5. The second-order valence-corrected chi connectivity index (χ2v) is 11.4. The highest BCUT2D eigenvalue weighted by Gasteiger charge is 2.12. The van der Waals surface area contributed by atoms with Crippen LogP contribution in [0, 0.1) is 13.8 Å². The van der Waals surface area contributed by atoms with E-state index in [2.05, 4.69) is 91.1 Å². The van der Waals surface area contributed by atoms with Crippen molar-refractivity contribution in [3.8, 4) is 0 Å². The summed E-state index contributed by atoms with van der Waals surface area (Å²) in [5.74, 6) is -0.404. The zero-order chi connectivity index (χ0) is 30.8. The Morgan fingerprint density at radius 3 is 2.02 bits per heavy atom. The predicted molar refractivity (Wildman–Crippen MR) is 187 cm³/mol. The Labute approximate surface area is 249 Å². The van der Waals surface area contributed by atoms with Crippen molar-refractivity contribution in [2.24, 2.45) is 0 Å². The molecular weight excluding hydrogens is 506 g/mol. The summed E-state index contributed by atoms with van der Waals surface area (Å²) in [6.07, 6.45) is 11.6. The van der Waals surface area contributed by atoms with Gasteiger partial charge in [0.05, 0.1) is 0 Å². The van der Waals surface area contributed by atoms with Crippen LogP contribution in [0.1, 0.15) is 116 Å². The molecule has 2 heteroatoms. The monoisotopic (exact) mass is 562 g/mol. The summed E-state index contributed by atoms with van der Waals surface area (Å²) in [7, 11) is 0.871. The summed E-state index contributed by atoms with van der Waals surface area (Å²) in [4.78, 5) is 0. The van der Waals surface area contributed by atoms with E-state index in [4.69, 9.17) is 0 Å². The molecule has 0 spiro atoms. The molecule has 2 rings (SSSR count). The van der Waals surface area contributed by atoms with E-state index in [1.54, 1.807) is 6.07 Å². The summed E-state index contributed by atoms with van der Waals surface area (Å²) in [6.45, 7) is 31.0. The van der Waals surface area contributed by atoms with Crippen molar-refractivity contribution in [2.75, 3.05) is 0 Å². The molecule has 0 heterocycles. The van der Waals surface area contributed by atoms with E-state index < -0.39 is 5.83 Å². The van der Waals surface area contributed by atoms with Gasteiger partial charge in [-0.3, -0.25) is 0 Å². The van der Waals surface area contributed by atoms with Gasteiger partial charge in [-0.05, 0) is 109 Å². The Bertz CT molecular complexity index is 1180. The minimum Gasteiger partial charge on any atom is -0.207 e. The van der Waals surface area contributed by atoms with E-state index in [1.807, 2.05) is 46.8 Å². The molecule has 0 amide bonds. The average molecular weight is 563 g/mol. The fraction of sp³-hybridized carbons (Fsp3) is 0.421. The van der Waals surface area contributed by atoms with E-state index in [0.717, 1.165) is 42.1 Å². The number of benzene rings is 2. The second kappa shape index (κ2) is 20.4. The Kier molecular flexibility index (Phi) is 19.1. The molecule has 2 aromatic rings. The van der Waals surface area contributed by atoms with Crippen LogP contribution in [0.4, 0.5) is 4.39 Å². The molecule has 0 aliphatic carbocycles. The average Bonchev–Trinajstić information content (AvgIpc) is 2.96. The number of unbranched alkanes of at least 4 members (excludes halogenated alkanes) is 1. The Hall–Kier alpha value is -2.50. The number of halogens is 1. The van der Waals surface area contributed by atoms with Gasteiger partial charge >= 0.3 is 0 Å². The topological polar surface area (TPSA) is 0 Å². The lowest BCUT2D eigenvalue weighted by Crippen LogP contribution is -2.09. The van der Waals surface area contributed by atoms with E-state index >= 15 is 0 Å². The van der Waals surface area contributed by atoms with Crippen molar-refractivity contribution in [1.29, 1.82) is 0 Å². The van der Waals surface area contributed by atoms with Crippen molar-refractivity contribution >= 4 is 30.9 Å². The maximum absolute atomic E-state index is 13.5. The molecule has 0 bridgehead atoms. The van der Waals surface area contributed by atoms with Crippen molar-refractivity contribution in [3.63, 3.8) is 0 Å². The molecular formula is C38H56FP. The molecule has 0 nitrogen and oxygen atoms in total.